The van der Waals surface area contributed by atoms with E-state index in [1.165, 1.54) is 17.0 Å². The molecule has 0 N–H and O–H groups in total. The van der Waals surface area contributed by atoms with Gasteiger partial charge in [-0.25, -0.2) is 0 Å². The zero-order chi connectivity index (χ0) is 12.6. The molecule has 0 saturated heterocycles. The van der Waals surface area contributed by atoms with Crippen molar-refractivity contribution in [3.05, 3.63) is 22.5 Å². The van der Waals surface area contributed by atoms with Crippen molar-refractivity contribution in [3.63, 3.8) is 0 Å². The van der Waals surface area contributed by atoms with Crippen molar-refractivity contribution in [1.82, 2.24) is 4.90 Å². The second-order valence-corrected chi connectivity index (χ2v) is 5.78. The number of hydrogen-bond acceptors (Lipinski definition) is 1. The van der Waals surface area contributed by atoms with Gasteiger partial charge in [0.2, 0.25) is 0 Å². The van der Waals surface area contributed by atoms with Gasteiger partial charge in [0.15, 0.2) is 0 Å². The van der Waals surface area contributed by atoms with Gasteiger partial charge < -0.3 is 4.90 Å². The van der Waals surface area contributed by atoms with Gasteiger partial charge in [-0.2, -0.15) is 0 Å². The van der Waals surface area contributed by atoms with Crippen LogP contribution in [0.3, 0.4) is 0 Å². The molecule has 1 aliphatic heterocycles. The maximum Gasteiger partial charge on any atom is 0.0539 e. The van der Waals surface area contributed by atoms with Crippen LogP contribution in [0.2, 0.25) is 0 Å². The molecule has 0 amide bonds. The fourth-order valence-electron chi connectivity index (χ4n) is 3.19. The molecule has 0 bridgehead atoms. The molecule has 0 aromatic carbocycles. The lowest BCUT2D eigenvalue weighted by molar-refractivity contribution is 0.253. The van der Waals surface area contributed by atoms with Crippen LogP contribution in [0.5, 0.6) is 0 Å². The molecule has 0 saturated carbocycles. The Morgan fingerprint density at radius 1 is 1.12 bits per heavy atom. The van der Waals surface area contributed by atoms with E-state index in [0.29, 0.717) is 17.9 Å². The first-order valence-corrected chi connectivity index (χ1v) is 6.46. The minimum Gasteiger partial charge on any atom is -0.342 e. The highest BCUT2D eigenvalue weighted by molar-refractivity contribution is 5.36. The van der Waals surface area contributed by atoms with Gasteiger partial charge in [-0.1, -0.05) is 33.3 Å². The first-order valence-electron chi connectivity index (χ1n) is 6.46. The van der Waals surface area contributed by atoms with E-state index in [4.69, 9.17) is 0 Å². The van der Waals surface area contributed by atoms with Crippen LogP contribution in [0.15, 0.2) is 22.5 Å². The first kappa shape index (κ1) is 13.3. The molecule has 1 unspecified atom stereocenters. The van der Waals surface area contributed by atoms with Crippen LogP contribution in [0.4, 0.5) is 0 Å². The van der Waals surface area contributed by atoms with Crippen molar-refractivity contribution in [2.24, 2.45) is 11.8 Å². The Balaban J connectivity index is 3.08. The SMILES string of the molecule is CC(C)=C(C(C)C)N1C(C)=C(C(C)C)C1C. The monoisotopic (exact) mass is 221 g/mol. The van der Waals surface area contributed by atoms with Gasteiger partial charge in [-0.3, -0.25) is 0 Å². The number of rotatable bonds is 3. The van der Waals surface area contributed by atoms with Gasteiger partial charge in [0.25, 0.3) is 0 Å². The maximum absolute atomic E-state index is 2.52. The van der Waals surface area contributed by atoms with E-state index in [9.17, 15) is 0 Å². The van der Waals surface area contributed by atoms with Crippen LogP contribution in [-0.4, -0.2) is 10.9 Å². The van der Waals surface area contributed by atoms with E-state index in [1.54, 1.807) is 5.57 Å². The molecule has 0 spiro atoms. The molecule has 0 aromatic heterocycles. The zero-order valence-corrected chi connectivity index (χ0v) is 12.2. The van der Waals surface area contributed by atoms with Crippen molar-refractivity contribution >= 4 is 0 Å². The van der Waals surface area contributed by atoms with Crippen molar-refractivity contribution in [2.45, 2.75) is 61.4 Å². The van der Waals surface area contributed by atoms with E-state index >= 15 is 0 Å². The number of nitrogens with zero attached hydrogens (tertiary/aromatic N) is 1. The molecular formula is C15H27N. The maximum atomic E-state index is 2.52. The number of hydrogen-bond donors (Lipinski definition) is 0. The van der Waals surface area contributed by atoms with E-state index in [1.807, 2.05) is 0 Å². The molecule has 1 rings (SSSR count). The van der Waals surface area contributed by atoms with Crippen LogP contribution < -0.4 is 0 Å². The van der Waals surface area contributed by atoms with Crippen LogP contribution in [0.25, 0.3) is 0 Å². The van der Waals surface area contributed by atoms with Gasteiger partial charge in [-0.05, 0) is 45.1 Å². The Hall–Kier alpha value is -0.720. The Bertz CT molecular complexity index is 327. The molecule has 0 aromatic rings. The summed E-state index contributed by atoms with van der Waals surface area (Å²) in [5, 5.41) is 0. The summed E-state index contributed by atoms with van der Waals surface area (Å²) >= 11 is 0. The fourth-order valence-corrected chi connectivity index (χ4v) is 3.19. The largest absolute Gasteiger partial charge is 0.342 e. The fraction of sp³-hybridized carbons (Fsp3) is 0.733. The summed E-state index contributed by atoms with van der Waals surface area (Å²) in [6.45, 7) is 18.2. The molecule has 0 fully saturated rings. The van der Waals surface area contributed by atoms with E-state index < -0.39 is 0 Å². The summed E-state index contributed by atoms with van der Waals surface area (Å²) in [5.41, 5.74) is 6.06. The molecule has 1 aliphatic rings. The molecule has 1 heteroatoms. The van der Waals surface area contributed by atoms with Gasteiger partial charge in [0.05, 0.1) is 6.04 Å². The third-order valence-electron chi connectivity index (χ3n) is 3.56. The highest BCUT2D eigenvalue weighted by Crippen LogP contribution is 2.41. The van der Waals surface area contributed by atoms with Gasteiger partial charge in [0, 0.05) is 11.4 Å². The Labute approximate surface area is 101 Å². The summed E-state index contributed by atoms with van der Waals surface area (Å²) in [4.78, 5) is 2.52. The summed E-state index contributed by atoms with van der Waals surface area (Å²) in [6, 6.07) is 0.590. The summed E-state index contributed by atoms with van der Waals surface area (Å²) < 4.78 is 0. The van der Waals surface area contributed by atoms with E-state index in [-0.39, 0.29) is 0 Å². The van der Waals surface area contributed by atoms with Crippen molar-refractivity contribution in [3.8, 4) is 0 Å². The topological polar surface area (TPSA) is 3.24 Å². The lowest BCUT2D eigenvalue weighted by atomic mass is 9.84. The van der Waals surface area contributed by atoms with E-state index in [0.717, 1.165) is 0 Å². The van der Waals surface area contributed by atoms with E-state index in [2.05, 4.69) is 60.3 Å². The normalized spacial score (nSPS) is 20.6. The van der Waals surface area contributed by atoms with Gasteiger partial charge in [-0.15, -0.1) is 0 Å². The molecular weight excluding hydrogens is 194 g/mol. The van der Waals surface area contributed by atoms with Crippen molar-refractivity contribution in [2.75, 3.05) is 0 Å². The number of allylic oxidation sites excluding steroid dienone is 3. The lowest BCUT2D eigenvalue weighted by Crippen LogP contribution is -2.45. The summed E-state index contributed by atoms with van der Waals surface area (Å²) in [5.74, 6) is 1.29. The Morgan fingerprint density at radius 2 is 1.62 bits per heavy atom. The predicted molar refractivity (Wildman–Crippen MR) is 72.1 cm³/mol. The highest BCUT2D eigenvalue weighted by atomic mass is 15.2. The van der Waals surface area contributed by atoms with Crippen molar-refractivity contribution in [1.29, 1.82) is 0 Å². The third kappa shape index (κ3) is 2.05. The molecule has 92 valence electrons. The Morgan fingerprint density at radius 3 is 1.88 bits per heavy atom. The minimum absolute atomic E-state index is 0.590. The van der Waals surface area contributed by atoms with Crippen LogP contribution in [0.1, 0.15) is 55.4 Å². The summed E-state index contributed by atoms with van der Waals surface area (Å²) in [6.07, 6.45) is 0. The van der Waals surface area contributed by atoms with Gasteiger partial charge >= 0.3 is 0 Å². The molecule has 1 heterocycles. The molecule has 1 atom stereocenters. The van der Waals surface area contributed by atoms with Crippen LogP contribution in [0, 0.1) is 11.8 Å². The molecule has 0 radical (unpaired) electrons. The predicted octanol–water partition coefficient (Wildman–Crippen LogP) is 4.57. The van der Waals surface area contributed by atoms with Crippen molar-refractivity contribution < 1.29 is 0 Å². The highest BCUT2D eigenvalue weighted by Gasteiger charge is 2.35. The lowest BCUT2D eigenvalue weighted by Gasteiger charge is -2.48. The summed E-state index contributed by atoms with van der Waals surface area (Å²) in [7, 11) is 0. The standard InChI is InChI=1S/C15H27N/c1-9(2)14-12(7)16(13(14)8)15(10(3)4)11(5)6/h9-10,12H,1-8H3. The third-order valence-corrected chi connectivity index (χ3v) is 3.56. The van der Waals surface area contributed by atoms with Gasteiger partial charge in [0.1, 0.15) is 0 Å². The quantitative estimate of drug-likeness (QED) is 0.674. The zero-order valence-electron chi connectivity index (χ0n) is 12.2. The smallest absolute Gasteiger partial charge is 0.0539 e. The molecule has 0 aliphatic carbocycles. The Kier molecular flexibility index (Phi) is 3.88. The second-order valence-electron chi connectivity index (χ2n) is 5.78. The molecule has 1 nitrogen and oxygen atoms in total. The van der Waals surface area contributed by atoms with Crippen LogP contribution >= 0.6 is 0 Å². The minimum atomic E-state index is 0.590. The second kappa shape index (κ2) is 4.65. The average molecular weight is 221 g/mol. The average Bonchev–Trinajstić information content (AvgIpc) is 2.12. The molecule has 16 heavy (non-hydrogen) atoms. The van der Waals surface area contributed by atoms with Crippen LogP contribution in [-0.2, 0) is 0 Å². The first-order chi connectivity index (χ1) is 7.29.